The van der Waals surface area contributed by atoms with Gasteiger partial charge in [0.2, 0.25) is 0 Å². The average Bonchev–Trinajstić information content (AvgIpc) is 3.08. The van der Waals surface area contributed by atoms with Crippen LogP contribution in [0.15, 0.2) is 12.2 Å². The molecule has 0 aliphatic heterocycles. The summed E-state index contributed by atoms with van der Waals surface area (Å²) in [6.45, 7) is 5.21. The zero-order valence-corrected chi connectivity index (χ0v) is 32.8. The molecule has 0 fully saturated rings. The van der Waals surface area contributed by atoms with Gasteiger partial charge in [0, 0.05) is 6.42 Å². The van der Waals surface area contributed by atoms with E-state index in [2.05, 4.69) is 26.0 Å². The summed E-state index contributed by atoms with van der Waals surface area (Å²) in [5, 5.41) is 0. The second kappa shape index (κ2) is 43.2. The van der Waals surface area contributed by atoms with Crippen LogP contribution in [0.1, 0.15) is 264 Å². The Labute approximate surface area is 297 Å². The van der Waals surface area contributed by atoms with Gasteiger partial charge in [-0.3, -0.25) is 4.79 Å². The van der Waals surface area contributed by atoms with Crippen LogP contribution in [-0.2, 0) is 9.53 Å². The number of carbonyl (C=O) groups excluding carboxylic acids is 1. The van der Waals surface area contributed by atoms with Gasteiger partial charge >= 0.3 is 5.97 Å². The van der Waals surface area contributed by atoms with Gasteiger partial charge in [0.25, 0.3) is 0 Å². The van der Waals surface area contributed by atoms with Crippen LogP contribution in [0.25, 0.3) is 0 Å². The van der Waals surface area contributed by atoms with Gasteiger partial charge in [-0.2, -0.15) is 0 Å². The SMILES string of the molecule is CCCCCC/C=C/CCCCCCCCCC(=O)OCCCCCCCCCCCCCCCCCCCCCCCCCCC. The van der Waals surface area contributed by atoms with Crippen LogP contribution >= 0.6 is 0 Å². The Morgan fingerprint density at radius 1 is 0.340 bits per heavy atom. The summed E-state index contributed by atoms with van der Waals surface area (Å²) in [7, 11) is 0. The second-order valence-electron chi connectivity index (χ2n) is 15.0. The Morgan fingerprint density at radius 3 is 0.936 bits per heavy atom. The molecule has 0 N–H and O–H groups in total. The standard InChI is InChI=1S/C45H88O2/c1-3-5-7-9-11-13-15-17-19-20-21-22-23-24-25-26-27-28-30-32-34-36-38-40-42-44-47-45(46)43-41-39-37-35-33-31-29-18-16-14-12-10-8-6-4-2/h14,16H,3-13,15,17-44H2,1-2H3/b16-14+. The molecule has 2 heteroatoms. The van der Waals surface area contributed by atoms with Crippen molar-refractivity contribution in [3.05, 3.63) is 12.2 Å². The van der Waals surface area contributed by atoms with Crippen molar-refractivity contribution in [1.29, 1.82) is 0 Å². The Bertz CT molecular complexity index is 597. The zero-order valence-electron chi connectivity index (χ0n) is 32.8. The predicted octanol–water partition coefficient (Wildman–Crippen LogP) is 16.3. The summed E-state index contributed by atoms with van der Waals surface area (Å²) in [5.41, 5.74) is 0. The molecule has 0 heterocycles. The van der Waals surface area contributed by atoms with E-state index in [-0.39, 0.29) is 5.97 Å². The predicted molar refractivity (Wildman–Crippen MR) is 212 cm³/mol. The second-order valence-corrected chi connectivity index (χ2v) is 15.0. The highest BCUT2D eigenvalue weighted by Gasteiger charge is 2.03. The number of unbranched alkanes of at least 4 members (excludes halogenated alkanes) is 35. The molecule has 0 amide bonds. The first kappa shape index (κ1) is 46.2. The van der Waals surface area contributed by atoms with E-state index < -0.39 is 0 Å². The molecule has 0 aliphatic rings. The summed E-state index contributed by atoms with van der Waals surface area (Å²) in [4.78, 5) is 12.0. The maximum Gasteiger partial charge on any atom is 0.305 e. The lowest BCUT2D eigenvalue weighted by molar-refractivity contribution is -0.143. The van der Waals surface area contributed by atoms with E-state index in [0.29, 0.717) is 13.0 Å². The van der Waals surface area contributed by atoms with Crippen LogP contribution in [0.3, 0.4) is 0 Å². The Balaban J connectivity index is 3.15. The lowest BCUT2D eigenvalue weighted by Gasteiger charge is -2.06. The molecule has 0 unspecified atom stereocenters. The third-order valence-electron chi connectivity index (χ3n) is 10.2. The summed E-state index contributed by atoms with van der Waals surface area (Å²) >= 11 is 0. The fourth-order valence-corrected chi connectivity index (χ4v) is 6.84. The smallest absolute Gasteiger partial charge is 0.305 e. The number of hydrogen-bond donors (Lipinski definition) is 0. The molecule has 2 nitrogen and oxygen atoms in total. The fraction of sp³-hybridized carbons (Fsp3) is 0.933. The molecule has 0 bridgehead atoms. The van der Waals surface area contributed by atoms with Crippen molar-refractivity contribution in [2.75, 3.05) is 6.61 Å². The largest absolute Gasteiger partial charge is 0.466 e. The normalized spacial score (nSPS) is 11.6. The van der Waals surface area contributed by atoms with Gasteiger partial charge in [0.05, 0.1) is 6.61 Å². The first-order valence-corrected chi connectivity index (χ1v) is 22.1. The number of rotatable bonds is 41. The van der Waals surface area contributed by atoms with Crippen molar-refractivity contribution < 1.29 is 9.53 Å². The number of esters is 1. The number of ether oxygens (including phenoxy) is 1. The molecule has 0 radical (unpaired) electrons. The molecule has 0 atom stereocenters. The van der Waals surface area contributed by atoms with E-state index in [4.69, 9.17) is 4.74 Å². The van der Waals surface area contributed by atoms with E-state index in [1.165, 1.54) is 231 Å². The maximum atomic E-state index is 12.0. The van der Waals surface area contributed by atoms with Gasteiger partial charge in [-0.25, -0.2) is 0 Å². The molecule has 0 saturated carbocycles. The lowest BCUT2D eigenvalue weighted by Crippen LogP contribution is -2.05. The van der Waals surface area contributed by atoms with Gasteiger partial charge in [-0.05, 0) is 38.5 Å². The van der Waals surface area contributed by atoms with Gasteiger partial charge in [-0.15, -0.1) is 0 Å². The highest BCUT2D eigenvalue weighted by molar-refractivity contribution is 5.69. The fourth-order valence-electron chi connectivity index (χ4n) is 6.84. The summed E-state index contributed by atoms with van der Waals surface area (Å²) in [5.74, 6) is 0.0239. The quantitative estimate of drug-likeness (QED) is 0.0370. The highest BCUT2D eigenvalue weighted by atomic mass is 16.5. The molecular weight excluding hydrogens is 572 g/mol. The van der Waals surface area contributed by atoms with Crippen LogP contribution in [0.2, 0.25) is 0 Å². The molecule has 0 aromatic heterocycles. The van der Waals surface area contributed by atoms with Crippen LogP contribution in [-0.4, -0.2) is 12.6 Å². The van der Waals surface area contributed by atoms with E-state index in [1.54, 1.807) is 0 Å². The molecular formula is C45H88O2. The molecule has 0 spiro atoms. The first-order valence-electron chi connectivity index (χ1n) is 22.1. The number of carbonyl (C=O) groups is 1. The Morgan fingerprint density at radius 2 is 0.596 bits per heavy atom. The van der Waals surface area contributed by atoms with E-state index >= 15 is 0 Å². The van der Waals surface area contributed by atoms with Crippen molar-refractivity contribution >= 4 is 5.97 Å². The van der Waals surface area contributed by atoms with E-state index in [0.717, 1.165) is 12.8 Å². The van der Waals surface area contributed by atoms with Gasteiger partial charge in [-0.1, -0.05) is 231 Å². The first-order chi connectivity index (χ1) is 23.3. The van der Waals surface area contributed by atoms with E-state index in [1.807, 2.05) is 0 Å². The minimum absolute atomic E-state index is 0.0239. The van der Waals surface area contributed by atoms with Crippen LogP contribution in [0, 0.1) is 0 Å². The highest BCUT2D eigenvalue weighted by Crippen LogP contribution is 2.16. The summed E-state index contributed by atoms with van der Waals surface area (Å²) < 4.78 is 5.47. The summed E-state index contributed by atoms with van der Waals surface area (Å²) in [6, 6.07) is 0. The monoisotopic (exact) mass is 661 g/mol. The molecule has 0 aromatic rings. The third kappa shape index (κ3) is 43.2. The number of allylic oxidation sites excluding steroid dienone is 2. The minimum Gasteiger partial charge on any atom is -0.466 e. The van der Waals surface area contributed by atoms with Crippen LogP contribution in [0.5, 0.6) is 0 Å². The minimum atomic E-state index is 0.0239. The molecule has 47 heavy (non-hydrogen) atoms. The summed E-state index contributed by atoms with van der Waals surface area (Å²) in [6.07, 6.45) is 57.5. The molecule has 0 aliphatic carbocycles. The molecule has 0 aromatic carbocycles. The molecule has 0 rings (SSSR count). The lowest BCUT2D eigenvalue weighted by atomic mass is 10.0. The topological polar surface area (TPSA) is 26.3 Å². The van der Waals surface area contributed by atoms with Crippen molar-refractivity contribution in [3.63, 3.8) is 0 Å². The van der Waals surface area contributed by atoms with Crippen molar-refractivity contribution in [2.24, 2.45) is 0 Å². The Hall–Kier alpha value is -0.790. The average molecular weight is 661 g/mol. The van der Waals surface area contributed by atoms with Crippen molar-refractivity contribution in [2.45, 2.75) is 264 Å². The molecule has 280 valence electrons. The van der Waals surface area contributed by atoms with Crippen molar-refractivity contribution in [1.82, 2.24) is 0 Å². The van der Waals surface area contributed by atoms with Gasteiger partial charge in [0.15, 0.2) is 0 Å². The van der Waals surface area contributed by atoms with Crippen LogP contribution < -0.4 is 0 Å². The maximum absolute atomic E-state index is 12.0. The number of hydrogen-bond acceptors (Lipinski definition) is 2. The molecule has 0 saturated heterocycles. The van der Waals surface area contributed by atoms with E-state index in [9.17, 15) is 4.79 Å². The van der Waals surface area contributed by atoms with Gasteiger partial charge in [0.1, 0.15) is 0 Å². The third-order valence-corrected chi connectivity index (χ3v) is 10.2. The van der Waals surface area contributed by atoms with Gasteiger partial charge < -0.3 is 4.74 Å². The van der Waals surface area contributed by atoms with Crippen LogP contribution in [0.4, 0.5) is 0 Å². The Kier molecular flexibility index (Phi) is 42.5. The van der Waals surface area contributed by atoms with Crippen molar-refractivity contribution in [3.8, 4) is 0 Å². The zero-order chi connectivity index (χ0) is 34.0.